The summed E-state index contributed by atoms with van der Waals surface area (Å²) < 4.78 is 5.32. The molecule has 2 aliphatic carbocycles. The third-order valence-corrected chi connectivity index (χ3v) is 20.0. The highest BCUT2D eigenvalue weighted by atomic mass is 32.1. The average molecular weight is 1040 g/mol. The van der Waals surface area contributed by atoms with E-state index < -0.39 is 0 Å². The molecule has 0 unspecified atom stereocenters. The van der Waals surface area contributed by atoms with Crippen molar-refractivity contribution in [3.63, 3.8) is 0 Å². The van der Waals surface area contributed by atoms with Crippen LogP contribution in [-0.4, -0.2) is 11.8 Å². The van der Waals surface area contributed by atoms with Crippen LogP contribution in [0.2, 0.25) is 0 Å². The number of para-hydroxylation sites is 2. The summed E-state index contributed by atoms with van der Waals surface area (Å²) >= 11 is 1.90. The average Bonchev–Trinajstić information content (AvgIpc) is 2.52. The van der Waals surface area contributed by atoms with Crippen molar-refractivity contribution >= 4 is 111 Å². The molecule has 3 heterocycles. The molecule has 5 heteroatoms. The standard InChI is InChI=1S/C74H65BN3S/c1-71(2)35-36-72(3,4)59-40-47(29-34-58(59)71)76-63-41-50(77(48-20-11-9-12-21-48)49-22-13-10-14-23-49)30-33-52(63)57-42-56(46-28-31-54-53-25-17-18-26-65(53)79-66(54)39-46)67-55-32-27-45-19-15-16-24-51(45)69(55)78-64-44-61-60(43-62(64)75-68(57)70(67)78)73(5,6)37-38-74(61,7)8/h9-34,39-44,76H,35-38H2,1-8H3. The number of fused-ring (bicyclic) bond motifs is 12. The number of hydrogen-bond acceptors (Lipinski definition) is 3. The van der Waals surface area contributed by atoms with Crippen LogP contribution in [0.25, 0.3) is 80.7 Å². The number of benzene rings is 10. The van der Waals surface area contributed by atoms with Crippen molar-refractivity contribution in [3.8, 4) is 27.9 Å². The van der Waals surface area contributed by atoms with Crippen LogP contribution in [0, 0.1) is 0 Å². The van der Waals surface area contributed by atoms with Crippen LogP contribution >= 0.6 is 11.3 Å². The molecule has 0 spiro atoms. The molecule has 3 nitrogen and oxygen atoms in total. The maximum atomic E-state index is 4.20. The predicted molar refractivity (Wildman–Crippen MR) is 342 cm³/mol. The maximum absolute atomic E-state index is 4.20. The molecular formula is C74H65BN3S. The van der Waals surface area contributed by atoms with Crippen LogP contribution in [-0.2, 0) is 21.7 Å². The van der Waals surface area contributed by atoms with Gasteiger partial charge in [0, 0.05) is 81.5 Å². The van der Waals surface area contributed by atoms with Crippen LogP contribution in [0.1, 0.15) is 103 Å². The number of aromatic nitrogens is 1. The normalized spacial score (nSPS) is 16.4. The minimum absolute atomic E-state index is 0.0360. The van der Waals surface area contributed by atoms with E-state index in [1.54, 1.807) is 0 Å². The molecule has 0 saturated heterocycles. The smallest absolute Gasteiger partial charge is 0.197 e. The van der Waals surface area contributed by atoms with Gasteiger partial charge in [0.15, 0.2) is 7.28 Å². The molecule has 79 heavy (non-hydrogen) atoms. The van der Waals surface area contributed by atoms with Gasteiger partial charge in [0.1, 0.15) is 0 Å². The molecular weight excluding hydrogens is 974 g/mol. The van der Waals surface area contributed by atoms with Gasteiger partial charge >= 0.3 is 0 Å². The van der Waals surface area contributed by atoms with E-state index in [0.29, 0.717) is 0 Å². The number of thiophene rings is 1. The Morgan fingerprint density at radius 1 is 0.443 bits per heavy atom. The Labute approximate surface area is 469 Å². The molecule has 2 aromatic heterocycles. The Balaban J connectivity index is 1.06. The number of hydrogen-bond donors (Lipinski definition) is 1. The molecule has 1 aliphatic heterocycles. The Morgan fingerprint density at radius 3 is 1.77 bits per heavy atom. The molecule has 0 saturated carbocycles. The van der Waals surface area contributed by atoms with E-state index in [4.69, 9.17) is 0 Å². The molecule has 10 aromatic carbocycles. The molecule has 15 rings (SSSR count). The van der Waals surface area contributed by atoms with Crippen molar-refractivity contribution in [1.29, 1.82) is 0 Å². The van der Waals surface area contributed by atoms with Crippen molar-refractivity contribution in [2.75, 3.05) is 10.2 Å². The third kappa shape index (κ3) is 7.52. The Kier molecular flexibility index (Phi) is 10.6. The Hall–Kier alpha value is -7.86. The van der Waals surface area contributed by atoms with Gasteiger partial charge in [0.05, 0.1) is 5.52 Å². The van der Waals surface area contributed by atoms with Crippen LogP contribution in [0.5, 0.6) is 0 Å². The highest BCUT2D eigenvalue weighted by Gasteiger charge is 2.41. The van der Waals surface area contributed by atoms with E-state index in [2.05, 4.69) is 272 Å². The summed E-state index contributed by atoms with van der Waals surface area (Å²) in [4.78, 5) is 2.39. The van der Waals surface area contributed by atoms with E-state index in [1.165, 1.54) is 115 Å². The van der Waals surface area contributed by atoms with Crippen molar-refractivity contribution in [3.05, 3.63) is 216 Å². The fraction of sp³-hybridized carbons (Fsp3) is 0.216. The molecule has 3 aliphatic rings. The highest BCUT2D eigenvalue weighted by molar-refractivity contribution is 7.25. The fourth-order valence-electron chi connectivity index (χ4n) is 14.2. The summed E-state index contributed by atoms with van der Waals surface area (Å²) in [7, 11) is 2.56. The van der Waals surface area contributed by atoms with Crippen molar-refractivity contribution in [2.24, 2.45) is 0 Å². The van der Waals surface area contributed by atoms with Gasteiger partial charge in [-0.15, -0.1) is 11.3 Å². The van der Waals surface area contributed by atoms with Gasteiger partial charge in [-0.25, -0.2) is 0 Å². The number of nitrogens with one attached hydrogen (secondary N) is 1. The van der Waals surface area contributed by atoms with Gasteiger partial charge in [-0.2, -0.15) is 0 Å². The van der Waals surface area contributed by atoms with Gasteiger partial charge in [-0.05, 0) is 170 Å². The molecule has 0 atom stereocenters. The molecule has 0 fully saturated rings. The van der Waals surface area contributed by atoms with E-state index in [1.807, 2.05) is 11.3 Å². The summed E-state index contributed by atoms with van der Waals surface area (Å²) in [6.45, 7) is 19.6. The summed E-state index contributed by atoms with van der Waals surface area (Å²) in [5, 5.41) is 11.9. The summed E-state index contributed by atoms with van der Waals surface area (Å²) in [6, 6.07) is 73.7. The molecule has 1 radical (unpaired) electrons. The van der Waals surface area contributed by atoms with Gasteiger partial charge in [-0.3, -0.25) is 0 Å². The summed E-state index contributed by atoms with van der Waals surface area (Å²) in [5.41, 5.74) is 22.7. The lowest BCUT2D eigenvalue weighted by Crippen LogP contribution is -2.41. The fourth-order valence-corrected chi connectivity index (χ4v) is 15.4. The first-order valence-corrected chi connectivity index (χ1v) is 29.4. The lowest BCUT2D eigenvalue weighted by Gasteiger charge is -2.43. The van der Waals surface area contributed by atoms with E-state index >= 15 is 0 Å². The van der Waals surface area contributed by atoms with Crippen molar-refractivity contribution < 1.29 is 0 Å². The third-order valence-electron chi connectivity index (χ3n) is 18.9. The minimum Gasteiger partial charge on any atom is -0.355 e. The van der Waals surface area contributed by atoms with Gasteiger partial charge in [0.25, 0.3) is 0 Å². The van der Waals surface area contributed by atoms with Crippen LogP contribution in [0.15, 0.2) is 194 Å². The second-order valence-corrected chi connectivity index (χ2v) is 26.8. The van der Waals surface area contributed by atoms with Crippen LogP contribution in [0.4, 0.5) is 28.4 Å². The lowest BCUT2D eigenvalue weighted by molar-refractivity contribution is 0.332. The van der Waals surface area contributed by atoms with Crippen LogP contribution in [0.3, 0.4) is 0 Å². The molecule has 12 aromatic rings. The quantitative estimate of drug-likeness (QED) is 0.161. The first-order valence-electron chi connectivity index (χ1n) is 28.6. The number of nitrogens with zero attached hydrogens (tertiary/aromatic N) is 2. The van der Waals surface area contributed by atoms with Crippen molar-refractivity contribution in [2.45, 2.75) is 103 Å². The monoisotopic (exact) mass is 1040 g/mol. The predicted octanol–water partition coefficient (Wildman–Crippen LogP) is 19.5. The SMILES string of the molecule is CC1(C)CCC(C)(C)c2cc(Nc3cc(N(c4ccccc4)c4ccccc4)ccc3-c3cc(-c4ccc5c(c4)sc4ccccc45)c4c5ccc6ccccc6c5n5c4c3[B]c3cc4c(cc3-5)C(C)(C)CCC4(C)C)ccc21. The topological polar surface area (TPSA) is 20.2 Å². The molecule has 0 amide bonds. The minimum atomic E-state index is 0.0360. The Bertz CT molecular complexity index is 4460. The first kappa shape index (κ1) is 48.3. The van der Waals surface area contributed by atoms with Crippen molar-refractivity contribution in [1.82, 2.24) is 4.57 Å². The molecule has 1 N–H and O–H groups in total. The number of anilines is 5. The second kappa shape index (κ2) is 17.3. The van der Waals surface area contributed by atoms with E-state index in [9.17, 15) is 0 Å². The molecule has 0 bridgehead atoms. The van der Waals surface area contributed by atoms with Gasteiger partial charge in [-0.1, -0.05) is 182 Å². The Morgan fingerprint density at radius 2 is 1.05 bits per heavy atom. The zero-order valence-electron chi connectivity index (χ0n) is 46.7. The molecule has 385 valence electrons. The largest absolute Gasteiger partial charge is 0.355 e. The van der Waals surface area contributed by atoms with E-state index in [-0.39, 0.29) is 21.7 Å². The zero-order valence-corrected chi connectivity index (χ0v) is 47.5. The zero-order chi connectivity index (χ0) is 53.7. The lowest BCUT2D eigenvalue weighted by atomic mass is 9.55. The number of rotatable bonds is 7. The summed E-state index contributed by atoms with van der Waals surface area (Å²) in [6.07, 6.45) is 4.64. The van der Waals surface area contributed by atoms with Gasteiger partial charge in [0.2, 0.25) is 0 Å². The summed E-state index contributed by atoms with van der Waals surface area (Å²) in [5.74, 6) is 0. The second-order valence-electron chi connectivity index (χ2n) is 25.7. The van der Waals surface area contributed by atoms with Crippen LogP contribution < -0.4 is 21.1 Å². The van der Waals surface area contributed by atoms with E-state index in [0.717, 1.165) is 53.3 Å². The van der Waals surface area contributed by atoms with Gasteiger partial charge < -0.3 is 14.8 Å². The highest BCUT2D eigenvalue weighted by Crippen LogP contribution is 2.52. The maximum Gasteiger partial charge on any atom is 0.197 e. The first-order chi connectivity index (χ1) is 38.1.